The minimum absolute atomic E-state index is 0.0604. The van der Waals surface area contributed by atoms with Crippen molar-refractivity contribution in [2.75, 3.05) is 10.0 Å². The molecule has 8 heteroatoms. The Morgan fingerprint density at radius 2 is 1.85 bits per heavy atom. The average molecular weight is 385 g/mol. The molecule has 0 aliphatic heterocycles. The molecule has 2 aromatic carbocycles. The van der Waals surface area contributed by atoms with Crippen LogP contribution in [0.3, 0.4) is 0 Å². The van der Waals surface area contributed by atoms with E-state index in [-0.39, 0.29) is 10.6 Å². The lowest BCUT2D eigenvalue weighted by atomic mass is 10.2. The third-order valence-electron chi connectivity index (χ3n) is 3.78. The molecule has 6 nitrogen and oxygen atoms in total. The summed E-state index contributed by atoms with van der Waals surface area (Å²) in [6, 6.07) is 13.2. The fraction of sp³-hybridized carbons (Fsp3) is 0.0526. The van der Waals surface area contributed by atoms with E-state index >= 15 is 0 Å². The van der Waals surface area contributed by atoms with Crippen molar-refractivity contribution in [2.45, 2.75) is 11.8 Å². The molecular weight excluding hydrogens is 369 g/mol. The van der Waals surface area contributed by atoms with Gasteiger partial charge in [-0.25, -0.2) is 12.8 Å². The number of carbonyl (C=O) groups is 1. The lowest BCUT2D eigenvalue weighted by molar-refractivity contribution is 0.102. The second-order valence-electron chi connectivity index (χ2n) is 5.76. The summed E-state index contributed by atoms with van der Waals surface area (Å²) in [7, 11) is -4.04. The van der Waals surface area contributed by atoms with E-state index in [9.17, 15) is 17.6 Å². The van der Waals surface area contributed by atoms with Gasteiger partial charge in [0.15, 0.2) is 0 Å². The minimum Gasteiger partial charge on any atom is -0.322 e. The Bertz CT molecular complexity index is 1090. The molecule has 0 saturated heterocycles. The van der Waals surface area contributed by atoms with Crippen LogP contribution >= 0.6 is 0 Å². The van der Waals surface area contributed by atoms with Crippen molar-refractivity contribution >= 4 is 27.3 Å². The van der Waals surface area contributed by atoms with E-state index in [1.54, 1.807) is 37.4 Å². The number of sulfonamides is 1. The molecule has 0 saturated carbocycles. The van der Waals surface area contributed by atoms with Crippen molar-refractivity contribution in [2.24, 2.45) is 0 Å². The van der Waals surface area contributed by atoms with Gasteiger partial charge in [-0.3, -0.25) is 14.5 Å². The maximum Gasteiger partial charge on any atom is 0.262 e. The van der Waals surface area contributed by atoms with Crippen molar-refractivity contribution in [3.05, 3.63) is 83.9 Å². The summed E-state index contributed by atoms with van der Waals surface area (Å²) in [6.07, 6.45) is 2.95. The van der Waals surface area contributed by atoms with Crippen LogP contribution in [0.4, 0.5) is 15.8 Å². The number of anilines is 2. The smallest absolute Gasteiger partial charge is 0.262 e. The zero-order valence-electron chi connectivity index (χ0n) is 14.3. The van der Waals surface area contributed by atoms with Crippen LogP contribution in [0.5, 0.6) is 0 Å². The number of halogens is 1. The summed E-state index contributed by atoms with van der Waals surface area (Å²) in [5, 5.41) is 2.63. The molecular formula is C19H16FN3O3S. The monoisotopic (exact) mass is 385 g/mol. The predicted octanol–water partition coefficient (Wildman–Crippen LogP) is 3.58. The maximum atomic E-state index is 13.8. The van der Waals surface area contributed by atoms with Crippen molar-refractivity contribution < 1.29 is 17.6 Å². The molecule has 1 amide bonds. The zero-order valence-corrected chi connectivity index (χ0v) is 15.1. The molecule has 138 valence electrons. The van der Waals surface area contributed by atoms with E-state index in [1.165, 1.54) is 30.5 Å². The van der Waals surface area contributed by atoms with E-state index in [0.29, 0.717) is 16.8 Å². The van der Waals surface area contributed by atoms with Crippen molar-refractivity contribution in [1.82, 2.24) is 4.98 Å². The fourth-order valence-corrected chi connectivity index (χ4v) is 3.75. The number of rotatable bonds is 5. The summed E-state index contributed by atoms with van der Waals surface area (Å²) < 4.78 is 41.4. The van der Waals surface area contributed by atoms with Crippen molar-refractivity contribution in [3.8, 4) is 0 Å². The van der Waals surface area contributed by atoms with Crippen LogP contribution in [0, 0.1) is 12.7 Å². The number of nitrogens with one attached hydrogen (secondary N) is 2. The van der Waals surface area contributed by atoms with Gasteiger partial charge in [0.2, 0.25) is 0 Å². The fourth-order valence-electron chi connectivity index (χ4n) is 2.41. The van der Waals surface area contributed by atoms with E-state index in [4.69, 9.17) is 0 Å². The topological polar surface area (TPSA) is 88.2 Å². The molecule has 0 aliphatic rings. The molecule has 2 N–H and O–H groups in total. The number of carbonyl (C=O) groups excluding carboxylic acids is 1. The third kappa shape index (κ3) is 4.29. The summed E-state index contributed by atoms with van der Waals surface area (Å²) in [4.78, 5) is 16.0. The third-order valence-corrected chi connectivity index (χ3v) is 5.28. The number of hydrogen-bond donors (Lipinski definition) is 2. The van der Waals surface area contributed by atoms with E-state index < -0.39 is 21.7 Å². The van der Waals surface area contributed by atoms with Crippen LogP contribution < -0.4 is 10.0 Å². The van der Waals surface area contributed by atoms with Gasteiger partial charge in [0.05, 0.1) is 16.1 Å². The molecule has 0 bridgehead atoms. The molecule has 0 fully saturated rings. The van der Waals surface area contributed by atoms with Crippen LogP contribution in [0.1, 0.15) is 15.9 Å². The molecule has 0 aliphatic carbocycles. The first kappa shape index (κ1) is 18.5. The van der Waals surface area contributed by atoms with Gasteiger partial charge in [0.25, 0.3) is 15.9 Å². The second-order valence-corrected chi connectivity index (χ2v) is 7.41. The largest absolute Gasteiger partial charge is 0.322 e. The van der Waals surface area contributed by atoms with Gasteiger partial charge >= 0.3 is 0 Å². The van der Waals surface area contributed by atoms with Gasteiger partial charge in [0.1, 0.15) is 5.82 Å². The number of aryl methyl sites for hydroxylation is 1. The molecule has 0 unspecified atom stereocenters. The Labute approximate surface area is 156 Å². The van der Waals surface area contributed by atoms with Crippen molar-refractivity contribution in [3.63, 3.8) is 0 Å². The highest BCUT2D eigenvalue weighted by Gasteiger charge is 2.19. The lowest BCUT2D eigenvalue weighted by Gasteiger charge is -2.13. The number of benzene rings is 2. The second kappa shape index (κ2) is 7.55. The quantitative estimate of drug-likeness (QED) is 0.703. The number of hydrogen-bond acceptors (Lipinski definition) is 4. The van der Waals surface area contributed by atoms with Crippen molar-refractivity contribution in [1.29, 1.82) is 0 Å². The number of pyridine rings is 1. The first-order chi connectivity index (χ1) is 12.9. The van der Waals surface area contributed by atoms with Crippen LogP contribution in [0.25, 0.3) is 0 Å². The highest BCUT2D eigenvalue weighted by atomic mass is 32.2. The molecule has 0 radical (unpaired) electrons. The Balaban J connectivity index is 1.89. The lowest BCUT2D eigenvalue weighted by Crippen LogP contribution is -2.17. The first-order valence-electron chi connectivity index (χ1n) is 7.96. The maximum absolute atomic E-state index is 13.8. The normalized spacial score (nSPS) is 11.0. The zero-order chi connectivity index (χ0) is 19.4. The van der Waals surface area contributed by atoms with Gasteiger partial charge < -0.3 is 5.32 Å². The van der Waals surface area contributed by atoms with Gasteiger partial charge in [-0.2, -0.15) is 0 Å². The minimum atomic E-state index is -4.04. The number of amides is 1. The molecule has 1 heterocycles. The molecule has 1 aromatic heterocycles. The molecule has 27 heavy (non-hydrogen) atoms. The average Bonchev–Trinajstić information content (AvgIpc) is 2.65. The summed E-state index contributed by atoms with van der Waals surface area (Å²) in [5.41, 5.74) is 0.940. The molecule has 3 rings (SSSR count). The van der Waals surface area contributed by atoms with Crippen LogP contribution in [0.2, 0.25) is 0 Å². The summed E-state index contributed by atoms with van der Waals surface area (Å²) >= 11 is 0. The van der Waals surface area contributed by atoms with E-state index in [1.807, 2.05) is 0 Å². The molecule has 0 atom stereocenters. The Morgan fingerprint density at radius 1 is 1.07 bits per heavy atom. The summed E-state index contributed by atoms with van der Waals surface area (Å²) in [5.74, 6) is -1.10. The van der Waals surface area contributed by atoms with Gasteiger partial charge in [-0.1, -0.05) is 18.2 Å². The van der Waals surface area contributed by atoms with Crippen LogP contribution in [0.15, 0.2) is 71.9 Å². The number of aromatic nitrogens is 1. The van der Waals surface area contributed by atoms with Gasteiger partial charge in [-0.15, -0.1) is 0 Å². The number of nitrogens with zero attached hydrogens (tertiary/aromatic N) is 1. The molecule has 0 spiro atoms. The van der Waals surface area contributed by atoms with Crippen LogP contribution in [-0.2, 0) is 10.0 Å². The summed E-state index contributed by atoms with van der Waals surface area (Å²) in [6.45, 7) is 1.61. The Kier molecular flexibility index (Phi) is 5.18. The SMILES string of the molecule is Cc1ccc(NC(=O)c2cccnc2)cc1S(=O)(=O)Nc1ccccc1F. The Hall–Kier alpha value is -3.26. The highest BCUT2D eigenvalue weighted by Crippen LogP contribution is 2.24. The predicted molar refractivity (Wildman–Crippen MR) is 101 cm³/mol. The van der Waals surface area contributed by atoms with E-state index in [2.05, 4.69) is 15.0 Å². The van der Waals surface area contributed by atoms with Gasteiger partial charge in [-0.05, 0) is 48.9 Å². The Morgan fingerprint density at radius 3 is 2.56 bits per heavy atom. The van der Waals surface area contributed by atoms with Gasteiger partial charge in [0, 0.05) is 18.1 Å². The first-order valence-corrected chi connectivity index (χ1v) is 9.44. The standard InChI is InChI=1S/C19H16FN3O3S/c1-13-8-9-15(22-19(24)14-5-4-10-21-12-14)11-18(13)27(25,26)23-17-7-3-2-6-16(17)20/h2-12,23H,1H3,(H,22,24). The molecule has 3 aromatic rings. The highest BCUT2D eigenvalue weighted by molar-refractivity contribution is 7.92. The number of para-hydroxylation sites is 1. The van der Waals surface area contributed by atoms with Crippen LogP contribution in [-0.4, -0.2) is 19.3 Å². The van der Waals surface area contributed by atoms with E-state index in [0.717, 1.165) is 6.07 Å².